The Balaban J connectivity index is 1.47. The first kappa shape index (κ1) is 17.3. The number of rotatable bonds is 4. The van der Waals surface area contributed by atoms with Crippen molar-refractivity contribution >= 4 is 5.91 Å². The van der Waals surface area contributed by atoms with Crippen molar-refractivity contribution in [2.75, 3.05) is 13.1 Å². The highest BCUT2D eigenvalue weighted by molar-refractivity contribution is 5.91. The van der Waals surface area contributed by atoms with Crippen molar-refractivity contribution in [3.63, 3.8) is 0 Å². The molecule has 3 aromatic heterocycles. The lowest BCUT2D eigenvalue weighted by Crippen LogP contribution is -2.39. The van der Waals surface area contributed by atoms with Crippen LogP contribution >= 0.6 is 0 Å². The number of aromatic nitrogens is 4. The summed E-state index contributed by atoms with van der Waals surface area (Å²) in [6, 6.07) is 6.88. The third kappa shape index (κ3) is 3.84. The maximum Gasteiger partial charge on any atom is 0.289 e. The summed E-state index contributed by atoms with van der Waals surface area (Å²) in [6.07, 6.45) is 5.32. The number of piperidine rings is 1. The minimum Gasteiger partial charge on any atom is -0.454 e. The zero-order chi connectivity index (χ0) is 18.8. The molecule has 4 rings (SSSR count). The van der Waals surface area contributed by atoms with E-state index in [2.05, 4.69) is 15.1 Å². The molecule has 1 N–H and O–H groups in total. The molecule has 1 amide bonds. The molecule has 1 atom stereocenters. The number of aromatic amines is 1. The molecule has 0 aliphatic carbocycles. The number of likely N-dealkylation sites (tertiary alicyclic amines) is 1. The molecular formula is C19H21N5O3. The summed E-state index contributed by atoms with van der Waals surface area (Å²) in [5.74, 6) is 1.53. The highest BCUT2D eigenvalue weighted by Crippen LogP contribution is 2.26. The Morgan fingerprint density at radius 2 is 2.30 bits per heavy atom. The van der Waals surface area contributed by atoms with Crippen LogP contribution in [0.5, 0.6) is 0 Å². The van der Waals surface area contributed by atoms with Gasteiger partial charge < -0.3 is 14.3 Å². The van der Waals surface area contributed by atoms with Gasteiger partial charge in [0.25, 0.3) is 11.5 Å². The van der Waals surface area contributed by atoms with Gasteiger partial charge in [0.2, 0.25) is 0 Å². The zero-order valence-electron chi connectivity index (χ0n) is 15.1. The fraction of sp³-hybridized carbons (Fsp3) is 0.368. The highest BCUT2D eigenvalue weighted by Gasteiger charge is 2.28. The van der Waals surface area contributed by atoms with Crippen molar-refractivity contribution in [1.29, 1.82) is 0 Å². The Kier molecular flexibility index (Phi) is 4.62. The number of hydrogen-bond acceptors (Lipinski definition) is 5. The van der Waals surface area contributed by atoms with Crippen molar-refractivity contribution in [2.24, 2.45) is 0 Å². The molecule has 0 aromatic carbocycles. The molecule has 1 fully saturated rings. The largest absolute Gasteiger partial charge is 0.454 e. The molecule has 1 aliphatic rings. The highest BCUT2D eigenvalue weighted by atomic mass is 16.4. The third-order valence-electron chi connectivity index (χ3n) is 4.76. The Morgan fingerprint density at radius 3 is 3.07 bits per heavy atom. The summed E-state index contributed by atoms with van der Waals surface area (Å²) in [5, 5.41) is 4.14. The Hall–Kier alpha value is -3.16. The molecule has 0 spiro atoms. The van der Waals surface area contributed by atoms with Crippen molar-refractivity contribution in [3.8, 4) is 0 Å². The first-order valence-electron chi connectivity index (χ1n) is 9.02. The summed E-state index contributed by atoms with van der Waals surface area (Å²) < 4.78 is 7.47. The smallest absolute Gasteiger partial charge is 0.289 e. The maximum absolute atomic E-state index is 12.8. The number of nitrogens with one attached hydrogen (secondary N) is 1. The van der Waals surface area contributed by atoms with Crippen LogP contribution in [0.4, 0.5) is 0 Å². The minimum absolute atomic E-state index is 0.0576. The molecule has 0 saturated carbocycles. The minimum atomic E-state index is -0.157. The van der Waals surface area contributed by atoms with Crippen LogP contribution in [0.1, 0.15) is 46.6 Å². The van der Waals surface area contributed by atoms with Crippen LogP contribution in [0.2, 0.25) is 0 Å². The van der Waals surface area contributed by atoms with Gasteiger partial charge in [-0.15, -0.1) is 0 Å². The summed E-state index contributed by atoms with van der Waals surface area (Å²) in [4.78, 5) is 33.5. The van der Waals surface area contributed by atoms with Crippen molar-refractivity contribution in [1.82, 2.24) is 24.6 Å². The maximum atomic E-state index is 12.8. The van der Waals surface area contributed by atoms with E-state index in [1.54, 1.807) is 34.8 Å². The predicted molar refractivity (Wildman–Crippen MR) is 97.5 cm³/mol. The standard InChI is InChI=1S/C19H21N5O3/c1-13-21-16(10-18(25)22-13)14-4-2-8-23(11-14)19(26)17-6-5-15(27-17)12-24-9-3-7-20-24/h3,5-7,9-10,14H,2,4,8,11-12H2,1H3,(H,21,22,25)/t14-/m1/s1. The number of amides is 1. The van der Waals surface area contributed by atoms with Gasteiger partial charge in [0, 0.05) is 37.5 Å². The lowest BCUT2D eigenvalue weighted by atomic mass is 9.94. The summed E-state index contributed by atoms with van der Waals surface area (Å²) in [7, 11) is 0. The van der Waals surface area contributed by atoms with E-state index >= 15 is 0 Å². The summed E-state index contributed by atoms with van der Waals surface area (Å²) in [5.41, 5.74) is 0.586. The van der Waals surface area contributed by atoms with E-state index in [0.29, 0.717) is 37.0 Å². The Bertz CT molecular complexity index is 989. The quantitative estimate of drug-likeness (QED) is 0.760. The normalized spacial score (nSPS) is 17.2. The van der Waals surface area contributed by atoms with Crippen LogP contribution < -0.4 is 5.56 Å². The number of nitrogens with zero attached hydrogens (tertiary/aromatic N) is 4. The number of furan rings is 1. The van der Waals surface area contributed by atoms with Gasteiger partial charge in [0.05, 0.1) is 12.2 Å². The van der Waals surface area contributed by atoms with Crippen molar-refractivity contribution in [2.45, 2.75) is 32.2 Å². The average Bonchev–Trinajstić information content (AvgIpc) is 3.33. The molecule has 27 heavy (non-hydrogen) atoms. The Morgan fingerprint density at radius 1 is 1.41 bits per heavy atom. The molecule has 8 nitrogen and oxygen atoms in total. The lowest BCUT2D eigenvalue weighted by Gasteiger charge is -2.32. The van der Waals surface area contributed by atoms with E-state index in [9.17, 15) is 9.59 Å². The second kappa shape index (κ2) is 7.22. The second-order valence-corrected chi connectivity index (χ2v) is 6.82. The molecule has 140 valence electrons. The van der Waals surface area contributed by atoms with Crippen molar-refractivity contribution in [3.05, 3.63) is 70.1 Å². The topological polar surface area (TPSA) is 97.0 Å². The lowest BCUT2D eigenvalue weighted by molar-refractivity contribution is 0.0671. The molecular weight excluding hydrogens is 346 g/mol. The van der Waals surface area contributed by atoms with Crippen LogP contribution in [0.3, 0.4) is 0 Å². The van der Waals surface area contributed by atoms with E-state index in [-0.39, 0.29) is 17.4 Å². The van der Waals surface area contributed by atoms with Crippen LogP contribution in [0.15, 0.2) is 45.9 Å². The first-order valence-corrected chi connectivity index (χ1v) is 9.02. The molecule has 1 saturated heterocycles. The van der Waals surface area contributed by atoms with Gasteiger partial charge in [0.15, 0.2) is 5.76 Å². The third-order valence-corrected chi connectivity index (χ3v) is 4.76. The molecule has 4 heterocycles. The molecule has 8 heteroatoms. The molecule has 0 bridgehead atoms. The van der Waals surface area contributed by atoms with E-state index < -0.39 is 0 Å². The second-order valence-electron chi connectivity index (χ2n) is 6.82. The van der Waals surface area contributed by atoms with Gasteiger partial charge in [-0.2, -0.15) is 5.10 Å². The van der Waals surface area contributed by atoms with Gasteiger partial charge in [-0.25, -0.2) is 4.98 Å². The van der Waals surface area contributed by atoms with Crippen LogP contribution in [0.25, 0.3) is 0 Å². The van der Waals surface area contributed by atoms with E-state index in [4.69, 9.17) is 4.42 Å². The fourth-order valence-electron chi connectivity index (χ4n) is 3.50. The van der Waals surface area contributed by atoms with Gasteiger partial charge >= 0.3 is 0 Å². The Labute approximate surface area is 155 Å². The van der Waals surface area contributed by atoms with Crippen molar-refractivity contribution < 1.29 is 9.21 Å². The molecule has 3 aromatic rings. The van der Waals surface area contributed by atoms with E-state index in [0.717, 1.165) is 18.5 Å². The van der Waals surface area contributed by atoms with E-state index in [1.165, 1.54) is 6.07 Å². The van der Waals surface area contributed by atoms with Crippen LogP contribution in [0, 0.1) is 6.92 Å². The molecule has 0 unspecified atom stereocenters. The first-order chi connectivity index (χ1) is 13.1. The van der Waals surface area contributed by atoms with Crippen LogP contribution in [-0.4, -0.2) is 43.6 Å². The van der Waals surface area contributed by atoms with Gasteiger partial charge in [-0.1, -0.05) is 0 Å². The zero-order valence-corrected chi connectivity index (χ0v) is 15.1. The molecule has 1 aliphatic heterocycles. The number of hydrogen-bond donors (Lipinski definition) is 1. The average molecular weight is 367 g/mol. The number of aryl methyl sites for hydroxylation is 1. The fourth-order valence-corrected chi connectivity index (χ4v) is 3.50. The van der Waals surface area contributed by atoms with Gasteiger partial charge in [-0.3, -0.25) is 14.3 Å². The van der Waals surface area contributed by atoms with Gasteiger partial charge in [-0.05, 0) is 38.0 Å². The number of H-pyrrole nitrogens is 1. The van der Waals surface area contributed by atoms with E-state index in [1.807, 2.05) is 12.3 Å². The SMILES string of the molecule is Cc1nc([C@@H]2CCCN(C(=O)c3ccc(Cn4cccn4)o3)C2)cc(=O)[nH]1. The summed E-state index contributed by atoms with van der Waals surface area (Å²) >= 11 is 0. The molecule has 0 radical (unpaired) electrons. The monoisotopic (exact) mass is 367 g/mol. The van der Waals surface area contributed by atoms with Gasteiger partial charge in [0.1, 0.15) is 11.6 Å². The summed E-state index contributed by atoms with van der Waals surface area (Å²) in [6.45, 7) is 3.45. The van der Waals surface area contributed by atoms with Crippen LogP contribution in [-0.2, 0) is 6.54 Å². The number of carbonyl (C=O) groups excluding carboxylic acids is 1. The number of carbonyl (C=O) groups is 1. The predicted octanol–water partition coefficient (Wildman–Crippen LogP) is 1.94.